The molecule has 2 aromatic carbocycles. The van der Waals surface area contributed by atoms with Crippen LogP contribution in [0.1, 0.15) is 11.1 Å². The molecule has 8 rings (SSSR count). The van der Waals surface area contributed by atoms with Crippen LogP contribution in [0, 0.1) is 73.0 Å². The molecule has 190 valence electrons. The van der Waals surface area contributed by atoms with Gasteiger partial charge in [0.15, 0.2) is 0 Å². The smallest absolute Gasteiger partial charge is 0.266 e. The Morgan fingerprint density at radius 3 is 1.33 bits per heavy atom. The van der Waals surface area contributed by atoms with Crippen molar-refractivity contribution in [3.63, 3.8) is 0 Å². The van der Waals surface area contributed by atoms with Gasteiger partial charge in [-0.3, -0.25) is 8.37 Å². The summed E-state index contributed by atoms with van der Waals surface area (Å²) in [5.41, 5.74) is 1.96. The Balaban J connectivity index is 1.14. The first kappa shape index (κ1) is 23.1. The molecule has 2 aromatic rings. The molecule has 5 fully saturated rings. The lowest BCUT2D eigenvalue weighted by Gasteiger charge is -2.41. The van der Waals surface area contributed by atoms with Gasteiger partial charge in [0.05, 0.1) is 23.0 Å². The summed E-state index contributed by atoms with van der Waals surface area (Å²) in [5.74, 6) is 4.16. The van der Waals surface area contributed by atoms with Crippen molar-refractivity contribution in [1.82, 2.24) is 0 Å². The maximum Gasteiger partial charge on any atom is 0.296 e. The molecule has 6 aliphatic rings. The van der Waals surface area contributed by atoms with Crippen LogP contribution in [0.4, 0.5) is 0 Å². The van der Waals surface area contributed by atoms with Gasteiger partial charge >= 0.3 is 0 Å². The highest BCUT2D eigenvalue weighted by Crippen LogP contribution is 2.82. The highest BCUT2D eigenvalue weighted by molar-refractivity contribution is 7.87. The molecule has 8 atom stereocenters. The van der Waals surface area contributed by atoms with Gasteiger partial charge in [-0.2, -0.15) is 16.8 Å². The number of hydrogen-bond donors (Lipinski definition) is 0. The second-order valence-corrected chi connectivity index (χ2v) is 14.7. The van der Waals surface area contributed by atoms with E-state index in [1.54, 1.807) is 48.5 Å². The van der Waals surface area contributed by atoms with Gasteiger partial charge in [-0.15, -0.1) is 0 Å². The lowest BCUT2D eigenvalue weighted by atomic mass is 9.65. The van der Waals surface area contributed by atoms with E-state index in [2.05, 4.69) is 12.2 Å². The molecule has 36 heavy (non-hydrogen) atoms. The molecule has 6 aliphatic carbocycles. The zero-order valence-corrected chi connectivity index (χ0v) is 21.9. The summed E-state index contributed by atoms with van der Waals surface area (Å²) >= 11 is 0. The lowest BCUT2D eigenvalue weighted by molar-refractivity contribution is 0.0329. The summed E-state index contributed by atoms with van der Waals surface area (Å²) in [6, 6.07) is 13.3. The van der Waals surface area contributed by atoms with Crippen LogP contribution in [0.25, 0.3) is 0 Å². The van der Waals surface area contributed by atoms with E-state index in [9.17, 15) is 16.8 Å². The fraction of sp³-hybridized carbons (Fsp3) is 0.500. The van der Waals surface area contributed by atoms with E-state index < -0.39 is 20.2 Å². The molecule has 8 heteroatoms. The second kappa shape index (κ2) is 7.76. The molecule has 6 nitrogen and oxygen atoms in total. The minimum absolute atomic E-state index is 0.0327. The van der Waals surface area contributed by atoms with Crippen LogP contribution in [0.2, 0.25) is 0 Å². The Bertz CT molecular complexity index is 1330. The Morgan fingerprint density at radius 2 is 0.944 bits per heavy atom. The van der Waals surface area contributed by atoms with Crippen molar-refractivity contribution in [1.29, 1.82) is 0 Å². The molecule has 0 N–H and O–H groups in total. The largest absolute Gasteiger partial charge is 0.296 e. The maximum atomic E-state index is 13.0. The second-order valence-electron chi connectivity index (χ2n) is 11.4. The third kappa shape index (κ3) is 3.14. The SMILES string of the molecule is Cc1ccc(S(=O)(=O)OC[C@H]2[C@H](COS(=O)(=O)c3ccc(C)cc3)[C@@H]3C4C5[C@H]6C=C[C@H]5[C@H]3[C@H]6[C@@H]42)cc1. The summed E-state index contributed by atoms with van der Waals surface area (Å²) in [5, 5.41) is 0. The van der Waals surface area contributed by atoms with E-state index in [0.717, 1.165) is 11.1 Å². The highest BCUT2D eigenvalue weighted by atomic mass is 32.2. The van der Waals surface area contributed by atoms with E-state index >= 15 is 0 Å². The quantitative estimate of drug-likeness (QED) is 0.379. The molecule has 5 saturated carbocycles. The number of rotatable bonds is 8. The van der Waals surface area contributed by atoms with Gasteiger partial charge < -0.3 is 0 Å². The van der Waals surface area contributed by atoms with Crippen LogP contribution in [0.15, 0.2) is 70.5 Å². The van der Waals surface area contributed by atoms with E-state index in [4.69, 9.17) is 8.37 Å². The molecule has 0 aromatic heterocycles. The van der Waals surface area contributed by atoms with Crippen LogP contribution in [-0.4, -0.2) is 30.0 Å². The lowest BCUT2D eigenvalue weighted by Crippen LogP contribution is -2.41. The van der Waals surface area contributed by atoms with Crippen LogP contribution in [0.3, 0.4) is 0 Å². The molecule has 0 saturated heterocycles. The van der Waals surface area contributed by atoms with Gasteiger partial charge in [-0.1, -0.05) is 47.5 Å². The normalized spacial score (nSPS) is 39.1. The average molecular weight is 527 g/mol. The maximum absolute atomic E-state index is 13.0. The van der Waals surface area contributed by atoms with Crippen molar-refractivity contribution in [3.8, 4) is 0 Å². The highest BCUT2D eigenvalue weighted by Gasteiger charge is 2.80. The van der Waals surface area contributed by atoms with Crippen LogP contribution in [0.5, 0.6) is 0 Å². The molecule has 0 spiro atoms. The van der Waals surface area contributed by atoms with Crippen molar-refractivity contribution < 1.29 is 25.2 Å². The van der Waals surface area contributed by atoms with E-state index in [1.165, 1.54) is 0 Å². The van der Waals surface area contributed by atoms with Gasteiger partial charge in [0.1, 0.15) is 0 Å². The Kier molecular flexibility index (Phi) is 4.99. The molecular weight excluding hydrogens is 496 g/mol. The molecular formula is C28H30O6S2. The van der Waals surface area contributed by atoms with Crippen molar-refractivity contribution in [3.05, 3.63) is 71.8 Å². The number of benzene rings is 2. The molecule has 0 radical (unpaired) electrons. The minimum Gasteiger partial charge on any atom is -0.266 e. The third-order valence-electron chi connectivity index (χ3n) is 9.99. The molecule has 0 unspecified atom stereocenters. The summed E-state index contributed by atoms with van der Waals surface area (Å²) < 4.78 is 63.2. The molecule has 8 bridgehead atoms. The van der Waals surface area contributed by atoms with Crippen LogP contribution < -0.4 is 0 Å². The first-order valence-electron chi connectivity index (χ1n) is 12.8. The zero-order chi connectivity index (χ0) is 25.0. The summed E-state index contributed by atoms with van der Waals surface area (Å²) in [7, 11) is -7.79. The number of allylic oxidation sites excluding steroid dienone is 2. The van der Waals surface area contributed by atoms with Crippen molar-refractivity contribution in [2.24, 2.45) is 59.2 Å². The van der Waals surface area contributed by atoms with Crippen LogP contribution >= 0.6 is 0 Å². The Hall–Kier alpha value is -2.00. The summed E-state index contributed by atoms with van der Waals surface area (Å²) in [6.45, 7) is 3.96. The fourth-order valence-corrected chi connectivity index (χ4v) is 10.8. The Labute approximate surface area is 213 Å². The molecule has 0 amide bonds. The summed E-state index contributed by atoms with van der Waals surface area (Å²) in [6.07, 6.45) is 4.75. The van der Waals surface area contributed by atoms with Gasteiger partial charge in [0.2, 0.25) is 0 Å². The fourth-order valence-electron chi connectivity index (χ4n) is 8.94. The van der Waals surface area contributed by atoms with Crippen molar-refractivity contribution in [2.45, 2.75) is 23.6 Å². The number of hydrogen-bond acceptors (Lipinski definition) is 6. The third-order valence-corrected chi connectivity index (χ3v) is 12.6. The first-order valence-corrected chi connectivity index (χ1v) is 15.6. The van der Waals surface area contributed by atoms with Crippen molar-refractivity contribution >= 4 is 20.2 Å². The standard InChI is InChI=1S/C28H30O6S2/c1-15-3-7-17(8-4-15)35(29,30)33-13-21-22(14-34-36(31,32)18-9-5-16(2)6-10-18)27-25-20-12-11-19-23(20)28(27)26(21)24(19)25/h3-12,19-28H,13-14H2,1-2H3/t19-,20-,21+,22+,23?,24+,25+,26+,27+,28?/m1/s1. The van der Waals surface area contributed by atoms with E-state index in [-0.39, 0.29) is 34.8 Å². The van der Waals surface area contributed by atoms with Crippen LogP contribution in [-0.2, 0) is 28.6 Å². The average Bonchev–Trinajstić information content (AvgIpc) is 3.65. The monoisotopic (exact) mass is 526 g/mol. The summed E-state index contributed by atoms with van der Waals surface area (Å²) in [4.78, 5) is 0.303. The molecule has 0 aliphatic heterocycles. The van der Waals surface area contributed by atoms with Crippen molar-refractivity contribution in [2.75, 3.05) is 13.2 Å². The number of aryl methyl sites for hydroxylation is 2. The predicted molar refractivity (Wildman–Crippen MR) is 133 cm³/mol. The van der Waals surface area contributed by atoms with Gasteiger partial charge in [0, 0.05) is 0 Å². The minimum atomic E-state index is -3.90. The van der Waals surface area contributed by atoms with E-state index in [0.29, 0.717) is 47.3 Å². The van der Waals surface area contributed by atoms with Gasteiger partial charge in [0.25, 0.3) is 20.2 Å². The van der Waals surface area contributed by atoms with Gasteiger partial charge in [-0.05, 0) is 97.3 Å². The van der Waals surface area contributed by atoms with E-state index in [1.807, 2.05) is 13.8 Å². The Morgan fingerprint density at radius 1 is 0.556 bits per heavy atom. The molecule has 0 heterocycles. The first-order chi connectivity index (χ1) is 17.2. The zero-order valence-electron chi connectivity index (χ0n) is 20.2. The predicted octanol–water partition coefficient (Wildman–Crippen LogP) is 4.20. The van der Waals surface area contributed by atoms with Gasteiger partial charge in [-0.25, -0.2) is 0 Å². The topological polar surface area (TPSA) is 86.7 Å².